The number of aryl methyl sites for hydroxylation is 1. The zero-order chi connectivity index (χ0) is 14.5. The highest BCUT2D eigenvalue weighted by molar-refractivity contribution is 5.48. The molecule has 0 fully saturated rings. The van der Waals surface area contributed by atoms with Crippen LogP contribution in [-0.2, 0) is 13.1 Å². The van der Waals surface area contributed by atoms with E-state index in [0.717, 1.165) is 30.9 Å². The van der Waals surface area contributed by atoms with Crippen molar-refractivity contribution in [2.45, 2.75) is 26.4 Å². The van der Waals surface area contributed by atoms with E-state index in [9.17, 15) is 0 Å². The fraction of sp³-hybridized carbons (Fsp3) is 0.250. The van der Waals surface area contributed by atoms with Crippen molar-refractivity contribution in [3.05, 3.63) is 60.9 Å². The first-order valence-electron chi connectivity index (χ1n) is 7.20. The maximum absolute atomic E-state index is 4.22. The van der Waals surface area contributed by atoms with Gasteiger partial charge in [-0.2, -0.15) is 5.10 Å². The van der Waals surface area contributed by atoms with Crippen LogP contribution in [0.4, 0.5) is 5.69 Å². The predicted molar refractivity (Wildman–Crippen MR) is 83.4 cm³/mol. The Kier molecular flexibility index (Phi) is 4.00. The molecule has 5 heteroatoms. The van der Waals surface area contributed by atoms with Gasteiger partial charge in [0.05, 0.1) is 24.3 Å². The first kappa shape index (κ1) is 13.4. The number of rotatable bonds is 6. The Morgan fingerprint density at radius 2 is 2.05 bits per heavy atom. The third-order valence-electron chi connectivity index (χ3n) is 3.37. The molecule has 0 radical (unpaired) electrons. The van der Waals surface area contributed by atoms with Crippen LogP contribution in [0.5, 0.6) is 0 Å². The number of anilines is 1. The van der Waals surface area contributed by atoms with Crippen molar-refractivity contribution < 1.29 is 0 Å². The van der Waals surface area contributed by atoms with Gasteiger partial charge in [-0.1, -0.05) is 6.92 Å². The lowest BCUT2D eigenvalue weighted by Gasteiger charge is -2.10. The molecule has 0 aliphatic rings. The summed E-state index contributed by atoms with van der Waals surface area (Å²) in [6, 6.07) is 10.2. The van der Waals surface area contributed by atoms with Crippen molar-refractivity contribution in [1.29, 1.82) is 0 Å². The molecule has 3 rings (SSSR count). The minimum Gasteiger partial charge on any atom is -0.379 e. The van der Waals surface area contributed by atoms with Crippen LogP contribution in [0.25, 0.3) is 5.69 Å². The number of imidazole rings is 1. The molecule has 0 atom stereocenters. The van der Waals surface area contributed by atoms with Crippen molar-refractivity contribution in [1.82, 2.24) is 19.3 Å². The first-order chi connectivity index (χ1) is 10.4. The zero-order valence-corrected chi connectivity index (χ0v) is 12.1. The molecule has 1 N–H and O–H groups in total. The van der Waals surface area contributed by atoms with Crippen LogP contribution < -0.4 is 5.32 Å². The molecule has 0 unspecified atom stereocenters. The first-order valence-corrected chi connectivity index (χ1v) is 7.20. The van der Waals surface area contributed by atoms with Gasteiger partial charge in [0.2, 0.25) is 0 Å². The molecule has 5 nitrogen and oxygen atoms in total. The standard InChI is InChI=1S/C16H19N5/c1-2-9-20-13-17-11-16(20)12-18-14-4-6-15(7-5-14)21-10-3-8-19-21/h3-8,10-11,13,18H,2,9,12H2,1H3. The lowest BCUT2D eigenvalue weighted by atomic mass is 10.2. The Labute approximate surface area is 124 Å². The second-order valence-corrected chi connectivity index (χ2v) is 4.93. The van der Waals surface area contributed by atoms with Crippen LogP contribution in [0.1, 0.15) is 19.0 Å². The maximum atomic E-state index is 4.22. The van der Waals surface area contributed by atoms with Crippen LogP contribution >= 0.6 is 0 Å². The summed E-state index contributed by atoms with van der Waals surface area (Å²) < 4.78 is 4.03. The molecule has 0 saturated heterocycles. The molecule has 0 aliphatic heterocycles. The van der Waals surface area contributed by atoms with Crippen molar-refractivity contribution in [3.8, 4) is 5.69 Å². The van der Waals surface area contributed by atoms with Gasteiger partial charge in [0, 0.05) is 30.8 Å². The molecule has 3 aromatic rings. The van der Waals surface area contributed by atoms with E-state index in [-0.39, 0.29) is 0 Å². The Balaban J connectivity index is 1.64. The van der Waals surface area contributed by atoms with Crippen LogP contribution in [0.15, 0.2) is 55.2 Å². The van der Waals surface area contributed by atoms with E-state index in [2.05, 4.69) is 51.2 Å². The van der Waals surface area contributed by atoms with E-state index in [1.165, 1.54) is 5.69 Å². The molecule has 0 aliphatic carbocycles. The van der Waals surface area contributed by atoms with E-state index in [0.29, 0.717) is 0 Å². The molecule has 2 heterocycles. The Hall–Kier alpha value is -2.56. The lowest BCUT2D eigenvalue weighted by Crippen LogP contribution is -2.07. The van der Waals surface area contributed by atoms with Crippen molar-refractivity contribution in [3.63, 3.8) is 0 Å². The van der Waals surface area contributed by atoms with Gasteiger partial charge < -0.3 is 9.88 Å². The highest BCUT2D eigenvalue weighted by Gasteiger charge is 2.02. The average Bonchev–Trinajstić information content (AvgIpc) is 3.18. The van der Waals surface area contributed by atoms with Gasteiger partial charge in [-0.05, 0) is 36.8 Å². The molecular weight excluding hydrogens is 262 g/mol. The normalized spacial score (nSPS) is 10.7. The van der Waals surface area contributed by atoms with Crippen LogP contribution in [-0.4, -0.2) is 19.3 Å². The third kappa shape index (κ3) is 3.13. The number of nitrogens with zero attached hydrogens (tertiary/aromatic N) is 4. The Bertz CT molecular complexity index is 667. The fourth-order valence-electron chi connectivity index (χ4n) is 2.28. The van der Waals surface area contributed by atoms with Crippen molar-refractivity contribution in [2.24, 2.45) is 0 Å². The number of nitrogens with one attached hydrogen (secondary N) is 1. The minimum atomic E-state index is 0.779. The van der Waals surface area contributed by atoms with Gasteiger partial charge in [0.25, 0.3) is 0 Å². The lowest BCUT2D eigenvalue weighted by molar-refractivity contribution is 0.651. The average molecular weight is 281 g/mol. The van der Waals surface area contributed by atoms with E-state index < -0.39 is 0 Å². The monoisotopic (exact) mass is 281 g/mol. The number of aromatic nitrogens is 4. The summed E-state index contributed by atoms with van der Waals surface area (Å²) >= 11 is 0. The second kappa shape index (κ2) is 6.26. The zero-order valence-electron chi connectivity index (χ0n) is 12.1. The second-order valence-electron chi connectivity index (χ2n) is 4.93. The Morgan fingerprint density at radius 1 is 1.19 bits per heavy atom. The van der Waals surface area contributed by atoms with Crippen molar-refractivity contribution >= 4 is 5.69 Å². The van der Waals surface area contributed by atoms with Crippen molar-refractivity contribution in [2.75, 3.05) is 5.32 Å². The van der Waals surface area contributed by atoms with Gasteiger partial charge in [0.1, 0.15) is 0 Å². The molecule has 0 spiro atoms. The highest BCUT2D eigenvalue weighted by atomic mass is 15.3. The fourth-order valence-corrected chi connectivity index (χ4v) is 2.28. The molecule has 0 amide bonds. The Morgan fingerprint density at radius 3 is 2.76 bits per heavy atom. The smallest absolute Gasteiger partial charge is 0.0948 e. The number of hydrogen-bond acceptors (Lipinski definition) is 3. The molecule has 108 valence electrons. The SMILES string of the molecule is CCCn1cncc1CNc1ccc(-n2cccn2)cc1. The summed E-state index contributed by atoms with van der Waals surface area (Å²) in [7, 11) is 0. The van der Waals surface area contributed by atoms with Gasteiger partial charge in [-0.3, -0.25) is 0 Å². The maximum Gasteiger partial charge on any atom is 0.0948 e. The summed E-state index contributed by atoms with van der Waals surface area (Å²) in [6.45, 7) is 3.96. The highest BCUT2D eigenvalue weighted by Crippen LogP contribution is 2.13. The van der Waals surface area contributed by atoms with E-state index in [4.69, 9.17) is 0 Å². The van der Waals surface area contributed by atoms with E-state index in [1.54, 1.807) is 6.20 Å². The molecule has 1 aromatic carbocycles. The quantitative estimate of drug-likeness (QED) is 0.755. The van der Waals surface area contributed by atoms with Crippen LogP contribution in [0.3, 0.4) is 0 Å². The topological polar surface area (TPSA) is 47.7 Å². The molecular formula is C16H19N5. The van der Waals surface area contributed by atoms with Crippen LogP contribution in [0.2, 0.25) is 0 Å². The predicted octanol–water partition coefficient (Wildman–Crippen LogP) is 3.09. The van der Waals surface area contributed by atoms with Gasteiger partial charge in [-0.25, -0.2) is 9.67 Å². The molecule has 0 saturated carbocycles. The van der Waals surface area contributed by atoms with Crippen LogP contribution in [0, 0.1) is 0 Å². The molecule has 2 aromatic heterocycles. The number of hydrogen-bond donors (Lipinski definition) is 1. The minimum absolute atomic E-state index is 0.779. The third-order valence-corrected chi connectivity index (χ3v) is 3.37. The summed E-state index contributed by atoms with van der Waals surface area (Å²) in [4.78, 5) is 4.21. The van der Waals surface area contributed by atoms with Gasteiger partial charge in [0.15, 0.2) is 0 Å². The van der Waals surface area contributed by atoms with Gasteiger partial charge in [-0.15, -0.1) is 0 Å². The summed E-state index contributed by atoms with van der Waals surface area (Å²) in [5.74, 6) is 0. The number of benzene rings is 1. The summed E-state index contributed by atoms with van der Waals surface area (Å²) in [5, 5.41) is 7.65. The largest absolute Gasteiger partial charge is 0.379 e. The summed E-state index contributed by atoms with van der Waals surface area (Å²) in [6.07, 6.45) is 8.64. The molecule has 0 bridgehead atoms. The summed E-state index contributed by atoms with van der Waals surface area (Å²) in [5.41, 5.74) is 3.35. The van der Waals surface area contributed by atoms with Gasteiger partial charge >= 0.3 is 0 Å². The molecule has 21 heavy (non-hydrogen) atoms. The van der Waals surface area contributed by atoms with E-state index >= 15 is 0 Å². The van der Waals surface area contributed by atoms with E-state index in [1.807, 2.05) is 29.5 Å².